The fourth-order valence-corrected chi connectivity index (χ4v) is 2.40. The van der Waals surface area contributed by atoms with E-state index in [9.17, 15) is 0 Å². The van der Waals surface area contributed by atoms with Gasteiger partial charge in [0.25, 0.3) is 0 Å². The molecule has 0 saturated heterocycles. The van der Waals surface area contributed by atoms with E-state index in [0.717, 1.165) is 24.4 Å². The minimum atomic E-state index is 0.307. The number of aromatic nitrogens is 3. The lowest BCUT2D eigenvalue weighted by Gasteiger charge is -2.18. The van der Waals surface area contributed by atoms with E-state index in [4.69, 9.17) is 0 Å². The molecule has 4 heteroatoms. The Bertz CT molecular complexity index is 545. The molecule has 2 heterocycles. The Morgan fingerprint density at radius 1 is 1.26 bits per heavy atom. The van der Waals surface area contributed by atoms with E-state index in [1.54, 1.807) is 0 Å². The molecule has 1 atom stereocenters. The number of nitrogens with zero attached hydrogens (tertiary/aromatic N) is 3. The van der Waals surface area contributed by atoms with Crippen LogP contribution in [0.3, 0.4) is 0 Å². The van der Waals surface area contributed by atoms with Gasteiger partial charge in [-0.2, -0.15) is 5.10 Å². The molecule has 0 aromatic carbocycles. The number of likely N-dealkylation sites (N-methyl/N-ethyl adjacent to an activating group) is 1. The summed E-state index contributed by atoms with van der Waals surface area (Å²) in [5.41, 5.74) is 4.66. The number of rotatable bonds is 5. The minimum Gasteiger partial charge on any atom is -0.310 e. The summed E-state index contributed by atoms with van der Waals surface area (Å²) >= 11 is 0. The van der Waals surface area contributed by atoms with E-state index >= 15 is 0 Å². The van der Waals surface area contributed by atoms with Crippen LogP contribution in [0.4, 0.5) is 0 Å². The van der Waals surface area contributed by atoms with Gasteiger partial charge in [-0.25, -0.2) is 0 Å². The van der Waals surface area contributed by atoms with Crippen molar-refractivity contribution in [2.45, 2.75) is 33.2 Å². The fraction of sp³-hybridized carbons (Fsp3) is 0.467. The molecule has 0 aliphatic carbocycles. The van der Waals surface area contributed by atoms with Gasteiger partial charge in [0.15, 0.2) is 0 Å². The fourth-order valence-electron chi connectivity index (χ4n) is 2.40. The Kier molecular flexibility index (Phi) is 4.32. The van der Waals surface area contributed by atoms with Gasteiger partial charge in [0.1, 0.15) is 0 Å². The molecule has 102 valence electrons. The van der Waals surface area contributed by atoms with E-state index < -0.39 is 0 Å². The van der Waals surface area contributed by atoms with E-state index in [0.29, 0.717) is 6.04 Å². The van der Waals surface area contributed by atoms with Crippen LogP contribution in [0.1, 0.15) is 35.6 Å². The summed E-state index contributed by atoms with van der Waals surface area (Å²) in [4.78, 5) is 4.27. The molecule has 1 N–H and O–H groups in total. The lowest BCUT2D eigenvalue weighted by atomic mass is 10.0. The average Bonchev–Trinajstić information content (AvgIpc) is 2.67. The molecule has 2 aromatic rings. The Morgan fingerprint density at radius 3 is 2.63 bits per heavy atom. The normalized spacial score (nSPS) is 12.6. The Labute approximate surface area is 114 Å². The molecule has 4 nitrogen and oxygen atoms in total. The van der Waals surface area contributed by atoms with E-state index in [1.807, 2.05) is 31.8 Å². The van der Waals surface area contributed by atoms with Crippen molar-refractivity contribution in [1.82, 2.24) is 20.1 Å². The molecule has 0 aliphatic heterocycles. The molecular formula is C15H22N4. The largest absolute Gasteiger partial charge is 0.310 e. The first-order chi connectivity index (χ1) is 9.10. The molecule has 0 spiro atoms. The summed E-state index contributed by atoms with van der Waals surface area (Å²) in [7, 11) is 2.00. The lowest BCUT2D eigenvalue weighted by Crippen LogP contribution is -2.24. The summed E-state index contributed by atoms with van der Waals surface area (Å²) < 4.78 is 1.97. The first-order valence-electron chi connectivity index (χ1n) is 6.75. The summed E-state index contributed by atoms with van der Waals surface area (Å²) in [6, 6.07) is 6.69. The van der Waals surface area contributed by atoms with Gasteiger partial charge in [-0.3, -0.25) is 9.67 Å². The van der Waals surface area contributed by atoms with Crippen molar-refractivity contribution < 1.29 is 0 Å². The van der Waals surface area contributed by atoms with Crippen LogP contribution in [-0.2, 0) is 13.5 Å². The predicted molar refractivity (Wildman–Crippen MR) is 77.0 cm³/mol. The zero-order chi connectivity index (χ0) is 13.8. The van der Waals surface area contributed by atoms with Gasteiger partial charge in [0.2, 0.25) is 0 Å². The maximum Gasteiger partial charge on any atom is 0.0596 e. The number of hydrogen-bond acceptors (Lipinski definition) is 3. The predicted octanol–water partition coefficient (Wildman–Crippen LogP) is 2.33. The molecule has 0 aliphatic rings. The maximum atomic E-state index is 4.41. The zero-order valence-electron chi connectivity index (χ0n) is 12.1. The quantitative estimate of drug-likeness (QED) is 0.895. The average molecular weight is 258 g/mol. The van der Waals surface area contributed by atoms with Crippen molar-refractivity contribution in [2.75, 3.05) is 6.54 Å². The van der Waals surface area contributed by atoms with Crippen LogP contribution >= 0.6 is 0 Å². The van der Waals surface area contributed by atoms with Crippen LogP contribution in [0, 0.1) is 13.8 Å². The molecule has 0 radical (unpaired) electrons. The molecule has 2 aromatic heterocycles. The van der Waals surface area contributed by atoms with Crippen LogP contribution in [0.15, 0.2) is 24.4 Å². The zero-order valence-corrected chi connectivity index (χ0v) is 12.1. The SMILES string of the molecule is CCNC(Cc1cc(C)nn1C)c1ccnc(C)c1. The van der Waals surface area contributed by atoms with Gasteiger partial charge in [0, 0.05) is 37.1 Å². The summed E-state index contributed by atoms with van der Waals surface area (Å²) in [6.07, 6.45) is 2.82. The molecule has 0 fully saturated rings. The maximum absolute atomic E-state index is 4.41. The third-order valence-electron chi connectivity index (χ3n) is 3.29. The van der Waals surface area contributed by atoms with E-state index in [2.05, 4.69) is 40.5 Å². The number of nitrogens with one attached hydrogen (secondary N) is 1. The first-order valence-corrected chi connectivity index (χ1v) is 6.75. The van der Waals surface area contributed by atoms with Gasteiger partial charge in [0.05, 0.1) is 5.69 Å². The van der Waals surface area contributed by atoms with E-state index in [1.165, 1.54) is 11.3 Å². The van der Waals surface area contributed by atoms with Crippen molar-refractivity contribution in [1.29, 1.82) is 0 Å². The second-order valence-corrected chi connectivity index (χ2v) is 4.95. The first kappa shape index (κ1) is 13.7. The highest BCUT2D eigenvalue weighted by Crippen LogP contribution is 2.19. The molecule has 2 rings (SSSR count). The molecule has 19 heavy (non-hydrogen) atoms. The highest BCUT2D eigenvalue weighted by molar-refractivity contribution is 5.22. The smallest absolute Gasteiger partial charge is 0.0596 e. The standard InChI is InChI=1S/C15H22N4/c1-5-16-15(13-6-7-17-11(2)8-13)10-14-9-12(3)18-19(14)4/h6-9,15-16H,5,10H2,1-4H3. The van der Waals surface area contributed by atoms with Crippen LogP contribution in [0.2, 0.25) is 0 Å². The monoisotopic (exact) mass is 258 g/mol. The van der Waals surface area contributed by atoms with Crippen LogP contribution in [0.25, 0.3) is 0 Å². The molecule has 0 bridgehead atoms. The van der Waals surface area contributed by atoms with Crippen molar-refractivity contribution in [3.63, 3.8) is 0 Å². The van der Waals surface area contributed by atoms with Crippen molar-refractivity contribution in [3.8, 4) is 0 Å². The van der Waals surface area contributed by atoms with E-state index in [-0.39, 0.29) is 0 Å². The van der Waals surface area contributed by atoms with Gasteiger partial charge in [-0.05, 0) is 44.2 Å². The molecule has 0 amide bonds. The number of hydrogen-bond donors (Lipinski definition) is 1. The Balaban J connectivity index is 2.23. The number of aryl methyl sites for hydroxylation is 3. The van der Waals surface area contributed by atoms with Crippen molar-refractivity contribution >= 4 is 0 Å². The summed E-state index contributed by atoms with van der Waals surface area (Å²) in [5.74, 6) is 0. The van der Waals surface area contributed by atoms with Gasteiger partial charge >= 0.3 is 0 Å². The number of pyridine rings is 1. The van der Waals surface area contributed by atoms with Gasteiger partial charge in [-0.15, -0.1) is 0 Å². The van der Waals surface area contributed by atoms with Crippen LogP contribution in [0.5, 0.6) is 0 Å². The van der Waals surface area contributed by atoms with Crippen LogP contribution in [-0.4, -0.2) is 21.3 Å². The summed E-state index contributed by atoms with van der Waals surface area (Å²) in [5, 5.41) is 7.95. The Morgan fingerprint density at radius 2 is 2.05 bits per heavy atom. The highest BCUT2D eigenvalue weighted by atomic mass is 15.3. The molecular weight excluding hydrogens is 236 g/mol. The third kappa shape index (κ3) is 3.41. The van der Waals surface area contributed by atoms with Gasteiger partial charge in [-0.1, -0.05) is 6.92 Å². The highest BCUT2D eigenvalue weighted by Gasteiger charge is 2.14. The third-order valence-corrected chi connectivity index (χ3v) is 3.29. The lowest BCUT2D eigenvalue weighted by molar-refractivity contribution is 0.528. The second-order valence-electron chi connectivity index (χ2n) is 4.95. The van der Waals surface area contributed by atoms with Gasteiger partial charge < -0.3 is 5.32 Å². The molecule has 0 saturated carbocycles. The second kappa shape index (κ2) is 5.97. The van der Waals surface area contributed by atoms with Crippen LogP contribution < -0.4 is 5.32 Å². The van der Waals surface area contributed by atoms with Crippen molar-refractivity contribution in [3.05, 3.63) is 47.0 Å². The van der Waals surface area contributed by atoms with Crippen molar-refractivity contribution in [2.24, 2.45) is 7.05 Å². The topological polar surface area (TPSA) is 42.7 Å². The Hall–Kier alpha value is -1.68. The molecule has 1 unspecified atom stereocenters. The minimum absolute atomic E-state index is 0.307. The summed E-state index contributed by atoms with van der Waals surface area (Å²) in [6.45, 7) is 7.14.